The zero-order valence-electron chi connectivity index (χ0n) is 8.91. The van der Waals surface area contributed by atoms with Gasteiger partial charge in [-0.05, 0) is 25.5 Å². The summed E-state index contributed by atoms with van der Waals surface area (Å²) in [5.41, 5.74) is 4.52. The summed E-state index contributed by atoms with van der Waals surface area (Å²) in [6.07, 6.45) is 1.76. The Labute approximate surface area is 88.8 Å². The Bertz CT molecular complexity index is 474. The summed E-state index contributed by atoms with van der Waals surface area (Å²) in [5, 5.41) is 8.93. The van der Waals surface area contributed by atoms with Crippen molar-refractivity contribution < 1.29 is 5.11 Å². The Morgan fingerprint density at radius 2 is 2.13 bits per heavy atom. The fraction of sp³-hybridized carbons (Fsp3) is 0.250. The highest BCUT2D eigenvalue weighted by Gasteiger charge is 2.05. The van der Waals surface area contributed by atoms with Crippen molar-refractivity contribution in [1.29, 1.82) is 0 Å². The predicted molar refractivity (Wildman–Crippen MR) is 59.4 cm³/mol. The number of benzene rings is 1. The molecule has 0 saturated heterocycles. The maximum atomic E-state index is 8.93. The standard InChI is InChI=1S/C12H14N2O/c1-8-3-4-9(2)10(5-8)11-6-13-12(7-15)14-11/h3-6,15H,7H2,1-2H3,(H,13,14). The molecular weight excluding hydrogens is 188 g/mol. The van der Waals surface area contributed by atoms with Crippen LogP contribution < -0.4 is 0 Å². The van der Waals surface area contributed by atoms with Crippen LogP contribution in [0.4, 0.5) is 0 Å². The Hall–Kier alpha value is -1.61. The molecule has 1 heterocycles. The van der Waals surface area contributed by atoms with Gasteiger partial charge in [0.1, 0.15) is 12.4 Å². The van der Waals surface area contributed by atoms with Crippen LogP contribution in [-0.4, -0.2) is 15.1 Å². The second-order valence-electron chi connectivity index (χ2n) is 3.72. The first-order valence-electron chi connectivity index (χ1n) is 4.93. The molecule has 3 heteroatoms. The lowest BCUT2D eigenvalue weighted by Crippen LogP contribution is -1.87. The number of aromatic nitrogens is 2. The van der Waals surface area contributed by atoms with E-state index in [9.17, 15) is 0 Å². The van der Waals surface area contributed by atoms with Crippen molar-refractivity contribution >= 4 is 0 Å². The average Bonchev–Trinajstić information content (AvgIpc) is 2.70. The highest BCUT2D eigenvalue weighted by Crippen LogP contribution is 2.22. The van der Waals surface area contributed by atoms with E-state index in [1.807, 2.05) is 0 Å². The van der Waals surface area contributed by atoms with E-state index in [4.69, 9.17) is 5.11 Å². The Kier molecular flexibility index (Phi) is 2.56. The number of H-pyrrole nitrogens is 1. The first kappa shape index (κ1) is 9.93. The Balaban J connectivity index is 2.48. The van der Waals surface area contributed by atoms with Crippen molar-refractivity contribution in [1.82, 2.24) is 9.97 Å². The van der Waals surface area contributed by atoms with Crippen LogP contribution in [0.3, 0.4) is 0 Å². The number of aryl methyl sites for hydroxylation is 2. The first-order valence-corrected chi connectivity index (χ1v) is 4.93. The minimum Gasteiger partial charge on any atom is -0.388 e. The number of aliphatic hydroxyl groups excluding tert-OH is 1. The molecule has 0 amide bonds. The van der Waals surface area contributed by atoms with Gasteiger partial charge in [0.25, 0.3) is 0 Å². The Morgan fingerprint density at radius 1 is 1.33 bits per heavy atom. The van der Waals surface area contributed by atoms with Gasteiger partial charge in [-0.1, -0.05) is 17.7 Å². The summed E-state index contributed by atoms with van der Waals surface area (Å²) in [6, 6.07) is 6.29. The summed E-state index contributed by atoms with van der Waals surface area (Å²) >= 11 is 0. The fourth-order valence-electron chi connectivity index (χ4n) is 1.61. The van der Waals surface area contributed by atoms with Gasteiger partial charge < -0.3 is 10.1 Å². The van der Waals surface area contributed by atoms with E-state index in [0.29, 0.717) is 5.82 Å². The molecule has 2 N–H and O–H groups in total. The van der Waals surface area contributed by atoms with Gasteiger partial charge in [0.15, 0.2) is 0 Å². The second-order valence-corrected chi connectivity index (χ2v) is 3.72. The third kappa shape index (κ3) is 1.92. The van der Waals surface area contributed by atoms with Crippen LogP contribution in [0.1, 0.15) is 17.0 Å². The van der Waals surface area contributed by atoms with Gasteiger partial charge in [0, 0.05) is 5.56 Å². The molecule has 0 aliphatic heterocycles. The van der Waals surface area contributed by atoms with Gasteiger partial charge >= 0.3 is 0 Å². The van der Waals surface area contributed by atoms with Crippen molar-refractivity contribution in [2.45, 2.75) is 20.5 Å². The van der Waals surface area contributed by atoms with E-state index in [-0.39, 0.29) is 6.61 Å². The normalized spacial score (nSPS) is 10.6. The van der Waals surface area contributed by atoms with E-state index in [1.165, 1.54) is 11.1 Å². The van der Waals surface area contributed by atoms with E-state index in [0.717, 1.165) is 11.3 Å². The average molecular weight is 202 g/mol. The minimum atomic E-state index is -0.0507. The van der Waals surface area contributed by atoms with E-state index in [1.54, 1.807) is 6.20 Å². The van der Waals surface area contributed by atoms with Crippen LogP contribution >= 0.6 is 0 Å². The van der Waals surface area contributed by atoms with Crippen molar-refractivity contribution in [3.8, 4) is 11.3 Å². The van der Waals surface area contributed by atoms with Gasteiger partial charge in [-0.15, -0.1) is 0 Å². The molecule has 0 atom stereocenters. The fourth-order valence-corrected chi connectivity index (χ4v) is 1.61. The number of aliphatic hydroxyl groups is 1. The molecule has 2 aromatic rings. The monoisotopic (exact) mass is 202 g/mol. The van der Waals surface area contributed by atoms with Crippen molar-refractivity contribution in [3.63, 3.8) is 0 Å². The first-order chi connectivity index (χ1) is 7.20. The van der Waals surface area contributed by atoms with E-state index >= 15 is 0 Å². The van der Waals surface area contributed by atoms with E-state index in [2.05, 4.69) is 42.0 Å². The molecule has 0 aliphatic rings. The summed E-state index contributed by atoms with van der Waals surface area (Å²) in [4.78, 5) is 7.16. The number of aromatic amines is 1. The molecule has 15 heavy (non-hydrogen) atoms. The lowest BCUT2D eigenvalue weighted by Gasteiger charge is -2.04. The lowest BCUT2D eigenvalue weighted by atomic mass is 10.0. The zero-order valence-corrected chi connectivity index (χ0v) is 8.91. The number of rotatable bonds is 2. The maximum Gasteiger partial charge on any atom is 0.132 e. The van der Waals surface area contributed by atoms with Crippen LogP contribution in [-0.2, 0) is 6.61 Å². The smallest absolute Gasteiger partial charge is 0.132 e. The van der Waals surface area contributed by atoms with Crippen molar-refractivity contribution in [2.75, 3.05) is 0 Å². The molecule has 0 radical (unpaired) electrons. The molecule has 3 nitrogen and oxygen atoms in total. The molecule has 2 rings (SSSR count). The molecule has 0 spiro atoms. The number of imidazole rings is 1. The SMILES string of the molecule is Cc1ccc(C)c(-c2cnc(CO)[nH]2)c1. The predicted octanol–water partition coefficient (Wildman–Crippen LogP) is 2.19. The third-order valence-electron chi connectivity index (χ3n) is 2.46. The van der Waals surface area contributed by atoms with Crippen LogP contribution in [0.15, 0.2) is 24.4 Å². The van der Waals surface area contributed by atoms with Crippen LogP contribution in [0.2, 0.25) is 0 Å². The van der Waals surface area contributed by atoms with Gasteiger partial charge in [-0.2, -0.15) is 0 Å². The summed E-state index contributed by atoms with van der Waals surface area (Å²) in [5.74, 6) is 0.603. The van der Waals surface area contributed by atoms with Crippen LogP contribution in [0.5, 0.6) is 0 Å². The number of nitrogens with one attached hydrogen (secondary N) is 1. The quantitative estimate of drug-likeness (QED) is 0.784. The summed E-state index contributed by atoms with van der Waals surface area (Å²) in [7, 11) is 0. The molecule has 0 bridgehead atoms. The molecule has 0 saturated carbocycles. The highest BCUT2D eigenvalue weighted by atomic mass is 16.3. The van der Waals surface area contributed by atoms with Gasteiger partial charge in [0.2, 0.25) is 0 Å². The highest BCUT2D eigenvalue weighted by molar-refractivity contribution is 5.63. The maximum absolute atomic E-state index is 8.93. The van der Waals surface area contributed by atoms with Gasteiger partial charge in [-0.25, -0.2) is 4.98 Å². The number of nitrogens with zero attached hydrogens (tertiary/aromatic N) is 1. The van der Waals surface area contributed by atoms with Crippen molar-refractivity contribution in [2.24, 2.45) is 0 Å². The third-order valence-corrected chi connectivity index (χ3v) is 2.46. The molecule has 78 valence electrons. The lowest BCUT2D eigenvalue weighted by molar-refractivity contribution is 0.272. The van der Waals surface area contributed by atoms with Crippen LogP contribution in [0, 0.1) is 13.8 Å². The largest absolute Gasteiger partial charge is 0.388 e. The number of hydrogen-bond donors (Lipinski definition) is 2. The molecule has 0 unspecified atom stereocenters. The number of hydrogen-bond acceptors (Lipinski definition) is 2. The molecule has 1 aromatic carbocycles. The molecule has 1 aromatic heterocycles. The minimum absolute atomic E-state index is 0.0507. The molecular formula is C12H14N2O. The van der Waals surface area contributed by atoms with E-state index < -0.39 is 0 Å². The molecule has 0 aliphatic carbocycles. The Morgan fingerprint density at radius 3 is 2.80 bits per heavy atom. The topological polar surface area (TPSA) is 48.9 Å². The van der Waals surface area contributed by atoms with Crippen molar-refractivity contribution in [3.05, 3.63) is 41.3 Å². The van der Waals surface area contributed by atoms with Crippen LogP contribution in [0.25, 0.3) is 11.3 Å². The summed E-state index contributed by atoms with van der Waals surface area (Å²) in [6.45, 7) is 4.07. The van der Waals surface area contributed by atoms with Gasteiger partial charge in [-0.3, -0.25) is 0 Å². The second kappa shape index (κ2) is 3.87. The molecule has 0 fully saturated rings. The zero-order chi connectivity index (χ0) is 10.8. The summed E-state index contributed by atoms with van der Waals surface area (Å²) < 4.78 is 0. The van der Waals surface area contributed by atoms with Gasteiger partial charge in [0.05, 0.1) is 11.9 Å².